The summed E-state index contributed by atoms with van der Waals surface area (Å²) in [6, 6.07) is 7.24. The fourth-order valence-corrected chi connectivity index (χ4v) is 2.75. The van der Waals surface area contributed by atoms with E-state index in [1.54, 1.807) is 12.1 Å². The third-order valence-corrected chi connectivity index (χ3v) is 4.14. The SMILES string of the molecule is Fc1cc(-c2ncc(C(F)(F)F)[nH]2)ccc1COc1nc(Cl)nc2cccnc12. The summed E-state index contributed by atoms with van der Waals surface area (Å²) in [4.78, 5) is 17.9. The Morgan fingerprint density at radius 2 is 1.93 bits per heavy atom. The summed E-state index contributed by atoms with van der Waals surface area (Å²) in [5.41, 5.74) is 0.148. The van der Waals surface area contributed by atoms with Crippen molar-refractivity contribution in [2.75, 3.05) is 0 Å². The number of halogens is 5. The van der Waals surface area contributed by atoms with Crippen molar-refractivity contribution in [1.82, 2.24) is 24.9 Å². The molecule has 0 unspecified atom stereocenters. The number of nitrogens with zero attached hydrogens (tertiary/aromatic N) is 4. The van der Waals surface area contributed by atoms with E-state index in [-0.39, 0.29) is 34.7 Å². The van der Waals surface area contributed by atoms with E-state index in [9.17, 15) is 17.6 Å². The van der Waals surface area contributed by atoms with Crippen LogP contribution in [0.3, 0.4) is 0 Å². The fourth-order valence-electron chi connectivity index (χ4n) is 2.58. The van der Waals surface area contributed by atoms with Crippen molar-refractivity contribution in [3.8, 4) is 17.3 Å². The molecule has 3 heterocycles. The molecule has 0 atom stereocenters. The second kappa shape index (κ2) is 7.28. The number of imidazole rings is 1. The number of fused-ring (bicyclic) bond motifs is 1. The van der Waals surface area contributed by atoms with Gasteiger partial charge in [0.25, 0.3) is 0 Å². The number of H-pyrrole nitrogens is 1. The zero-order valence-corrected chi connectivity index (χ0v) is 15.1. The van der Waals surface area contributed by atoms with Gasteiger partial charge in [-0.3, -0.25) is 0 Å². The smallest absolute Gasteiger partial charge is 0.432 e. The van der Waals surface area contributed by atoms with Gasteiger partial charge in [0.2, 0.25) is 11.2 Å². The van der Waals surface area contributed by atoms with E-state index in [2.05, 4.69) is 24.9 Å². The Morgan fingerprint density at radius 3 is 2.66 bits per heavy atom. The first-order chi connectivity index (χ1) is 13.8. The molecule has 3 aromatic heterocycles. The molecule has 0 bridgehead atoms. The third kappa shape index (κ3) is 3.97. The van der Waals surface area contributed by atoms with E-state index < -0.39 is 17.7 Å². The third-order valence-electron chi connectivity index (χ3n) is 3.97. The van der Waals surface area contributed by atoms with Gasteiger partial charge in [0.05, 0.1) is 11.7 Å². The number of hydrogen-bond acceptors (Lipinski definition) is 5. The normalized spacial score (nSPS) is 11.8. The van der Waals surface area contributed by atoms with Crippen LogP contribution in [-0.2, 0) is 12.8 Å². The zero-order chi connectivity index (χ0) is 20.6. The van der Waals surface area contributed by atoms with Gasteiger partial charge in [-0.1, -0.05) is 12.1 Å². The van der Waals surface area contributed by atoms with Crippen molar-refractivity contribution >= 4 is 22.6 Å². The lowest BCUT2D eigenvalue weighted by Crippen LogP contribution is -2.05. The quantitative estimate of drug-likeness (QED) is 0.377. The molecule has 29 heavy (non-hydrogen) atoms. The standard InChI is InChI=1S/C18H10ClF4N5O/c19-17-26-12-2-1-5-24-14(12)16(28-17)29-8-10-4-3-9(6-11(10)20)15-25-7-13(27-15)18(21,22)23/h1-7H,8H2,(H,25,27). The zero-order valence-electron chi connectivity index (χ0n) is 14.3. The fraction of sp³-hybridized carbons (Fsp3) is 0.111. The van der Waals surface area contributed by atoms with Crippen LogP contribution in [0.2, 0.25) is 5.28 Å². The van der Waals surface area contributed by atoms with Crippen LogP contribution in [0.5, 0.6) is 5.88 Å². The molecule has 0 aliphatic heterocycles. The number of ether oxygens (including phenoxy) is 1. The molecule has 6 nitrogen and oxygen atoms in total. The summed E-state index contributed by atoms with van der Waals surface area (Å²) in [7, 11) is 0. The van der Waals surface area contributed by atoms with Crippen molar-refractivity contribution in [2.45, 2.75) is 12.8 Å². The Kier molecular flexibility index (Phi) is 4.79. The minimum Gasteiger partial charge on any atom is -0.471 e. The monoisotopic (exact) mass is 423 g/mol. The van der Waals surface area contributed by atoms with E-state index in [4.69, 9.17) is 16.3 Å². The van der Waals surface area contributed by atoms with Gasteiger partial charge in [-0.2, -0.15) is 18.2 Å². The predicted octanol–water partition coefficient (Wildman–Crippen LogP) is 4.81. The van der Waals surface area contributed by atoms with Gasteiger partial charge >= 0.3 is 6.18 Å². The number of pyridine rings is 1. The molecule has 0 fully saturated rings. The number of hydrogen-bond donors (Lipinski definition) is 1. The van der Waals surface area contributed by atoms with E-state index >= 15 is 0 Å². The van der Waals surface area contributed by atoms with Gasteiger partial charge in [-0.05, 0) is 29.8 Å². The maximum absolute atomic E-state index is 14.5. The lowest BCUT2D eigenvalue weighted by atomic mass is 10.1. The number of benzene rings is 1. The van der Waals surface area contributed by atoms with Gasteiger partial charge in [0, 0.05) is 17.3 Å². The number of alkyl halides is 3. The highest BCUT2D eigenvalue weighted by Gasteiger charge is 2.33. The average Bonchev–Trinajstić information content (AvgIpc) is 3.17. The summed E-state index contributed by atoms with van der Waals surface area (Å²) in [6.07, 6.45) is -2.38. The topological polar surface area (TPSA) is 76.6 Å². The second-order valence-corrected chi connectivity index (χ2v) is 6.25. The molecule has 1 N–H and O–H groups in total. The van der Waals surface area contributed by atoms with Crippen molar-refractivity contribution in [1.29, 1.82) is 0 Å². The van der Waals surface area contributed by atoms with E-state index in [1.165, 1.54) is 18.3 Å². The van der Waals surface area contributed by atoms with E-state index in [0.29, 0.717) is 17.2 Å². The molecular weight excluding hydrogens is 414 g/mol. The molecule has 11 heteroatoms. The summed E-state index contributed by atoms with van der Waals surface area (Å²) in [5, 5.41) is -0.0467. The van der Waals surface area contributed by atoms with Crippen LogP contribution < -0.4 is 4.74 Å². The van der Waals surface area contributed by atoms with Crippen LogP contribution in [0.4, 0.5) is 17.6 Å². The molecular formula is C18H10ClF4N5O. The number of aromatic nitrogens is 5. The van der Waals surface area contributed by atoms with E-state index in [0.717, 1.165) is 6.07 Å². The highest BCUT2D eigenvalue weighted by molar-refractivity contribution is 6.28. The number of aromatic amines is 1. The summed E-state index contributed by atoms with van der Waals surface area (Å²) < 4.78 is 58.0. The van der Waals surface area contributed by atoms with Crippen LogP contribution in [-0.4, -0.2) is 24.9 Å². The minimum atomic E-state index is -4.56. The van der Waals surface area contributed by atoms with Crippen LogP contribution in [0, 0.1) is 5.82 Å². The number of rotatable bonds is 4. The van der Waals surface area contributed by atoms with Crippen LogP contribution in [0.1, 0.15) is 11.3 Å². The first kappa shape index (κ1) is 19.1. The summed E-state index contributed by atoms with van der Waals surface area (Å²) >= 11 is 5.86. The Morgan fingerprint density at radius 1 is 1.10 bits per heavy atom. The van der Waals surface area contributed by atoms with E-state index in [1.807, 2.05) is 0 Å². The lowest BCUT2D eigenvalue weighted by molar-refractivity contribution is -0.140. The van der Waals surface area contributed by atoms with Crippen molar-refractivity contribution in [3.63, 3.8) is 0 Å². The predicted molar refractivity (Wildman–Crippen MR) is 95.7 cm³/mol. The van der Waals surface area contributed by atoms with Crippen molar-refractivity contribution in [2.24, 2.45) is 0 Å². The Balaban J connectivity index is 1.56. The molecule has 0 aliphatic carbocycles. The van der Waals surface area contributed by atoms with Gasteiger partial charge in [-0.15, -0.1) is 0 Å². The van der Waals surface area contributed by atoms with Gasteiger partial charge in [-0.25, -0.2) is 19.3 Å². The van der Waals surface area contributed by atoms with Gasteiger partial charge < -0.3 is 9.72 Å². The largest absolute Gasteiger partial charge is 0.471 e. The molecule has 1 aromatic carbocycles. The molecule has 0 saturated carbocycles. The molecule has 0 aliphatic rings. The highest BCUT2D eigenvalue weighted by atomic mass is 35.5. The highest BCUT2D eigenvalue weighted by Crippen LogP contribution is 2.30. The molecule has 148 valence electrons. The molecule has 4 aromatic rings. The minimum absolute atomic E-state index is 0.0467. The Hall–Kier alpha value is -3.27. The Labute approximate surface area is 165 Å². The van der Waals surface area contributed by atoms with Crippen LogP contribution in [0.15, 0.2) is 42.7 Å². The van der Waals surface area contributed by atoms with Crippen LogP contribution in [0.25, 0.3) is 22.4 Å². The molecule has 0 radical (unpaired) electrons. The molecule has 0 spiro atoms. The molecule has 4 rings (SSSR count). The molecule has 0 saturated heterocycles. The van der Waals surface area contributed by atoms with Crippen molar-refractivity contribution < 1.29 is 22.3 Å². The first-order valence-corrected chi connectivity index (χ1v) is 8.51. The van der Waals surface area contributed by atoms with Gasteiger partial charge in [0.1, 0.15) is 23.9 Å². The first-order valence-electron chi connectivity index (χ1n) is 8.13. The summed E-state index contributed by atoms with van der Waals surface area (Å²) in [5.74, 6) is -0.684. The number of nitrogens with one attached hydrogen (secondary N) is 1. The van der Waals surface area contributed by atoms with Crippen molar-refractivity contribution in [3.05, 3.63) is 65.1 Å². The second-order valence-electron chi connectivity index (χ2n) is 5.91. The average molecular weight is 424 g/mol. The maximum Gasteiger partial charge on any atom is 0.432 e. The maximum atomic E-state index is 14.5. The Bertz CT molecular complexity index is 1190. The summed E-state index contributed by atoms with van der Waals surface area (Å²) in [6.45, 7) is -0.197. The van der Waals surface area contributed by atoms with Crippen LogP contribution >= 0.6 is 11.6 Å². The molecule has 0 amide bonds. The van der Waals surface area contributed by atoms with Gasteiger partial charge in [0.15, 0.2) is 5.52 Å². The lowest BCUT2D eigenvalue weighted by Gasteiger charge is -2.09.